The Morgan fingerprint density at radius 2 is 2.10 bits per heavy atom. The lowest BCUT2D eigenvalue weighted by atomic mass is 10.2. The Morgan fingerprint density at radius 1 is 1.38 bits per heavy atom. The Morgan fingerprint density at radius 3 is 2.71 bits per heavy atom. The minimum absolute atomic E-state index is 0.0107. The van der Waals surface area contributed by atoms with E-state index in [-0.39, 0.29) is 24.2 Å². The van der Waals surface area contributed by atoms with Crippen LogP contribution in [-0.2, 0) is 9.47 Å². The highest BCUT2D eigenvalue weighted by Crippen LogP contribution is 2.06. The monoisotopic (exact) mass is 296 g/mol. The molecule has 0 radical (unpaired) electrons. The summed E-state index contributed by atoms with van der Waals surface area (Å²) in [6.45, 7) is 4.49. The van der Waals surface area contributed by atoms with Crippen molar-refractivity contribution in [3.8, 4) is 0 Å². The van der Waals surface area contributed by atoms with E-state index in [9.17, 15) is 9.18 Å². The third-order valence-corrected chi connectivity index (χ3v) is 2.79. The fourth-order valence-corrected chi connectivity index (χ4v) is 1.43. The molecule has 0 unspecified atom stereocenters. The summed E-state index contributed by atoms with van der Waals surface area (Å²) < 4.78 is 23.8. The average Bonchev–Trinajstić information content (AvgIpc) is 2.47. The Labute approximate surface area is 124 Å². The molecule has 21 heavy (non-hydrogen) atoms. The molecule has 1 amide bonds. The standard InChI is InChI=1S/C15H21FN2O3/c1-4-11(2)17-15(21-10-9-20-3)18-14(19)12-7-5-6-8-13(12)16/h5-8,11H,4,9-10H2,1-3H3,(H,17,18,19)/t11-/m0/s1. The summed E-state index contributed by atoms with van der Waals surface area (Å²) in [6, 6.07) is 5.82. The molecule has 0 bridgehead atoms. The molecule has 0 saturated heterocycles. The van der Waals surface area contributed by atoms with E-state index in [1.165, 1.54) is 18.2 Å². The zero-order valence-corrected chi connectivity index (χ0v) is 12.6. The number of benzene rings is 1. The molecule has 0 saturated carbocycles. The molecule has 1 atom stereocenters. The lowest BCUT2D eigenvalue weighted by Gasteiger charge is -2.12. The molecule has 6 heteroatoms. The van der Waals surface area contributed by atoms with Crippen LogP contribution in [0.3, 0.4) is 0 Å². The third-order valence-electron chi connectivity index (χ3n) is 2.79. The van der Waals surface area contributed by atoms with Crippen LogP contribution in [0.2, 0.25) is 0 Å². The van der Waals surface area contributed by atoms with Gasteiger partial charge in [-0.1, -0.05) is 19.1 Å². The third kappa shape index (κ3) is 5.91. The predicted molar refractivity (Wildman–Crippen MR) is 78.9 cm³/mol. The molecule has 0 aliphatic carbocycles. The van der Waals surface area contributed by atoms with Gasteiger partial charge in [0.1, 0.15) is 12.4 Å². The van der Waals surface area contributed by atoms with Crippen LogP contribution in [0, 0.1) is 5.82 Å². The second-order valence-electron chi connectivity index (χ2n) is 4.47. The minimum Gasteiger partial charge on any atom is -0.463 e. The topological polar surface area (TPSA) is 59.9 Å². The molecule has 1 aromatic rings. The molecule has 1 rings (SSSR count). The van der Waals surface area contributed by atoms with Gasteiger partial charge in [0.2, 0.25) is 0 Å². The molecule has 0 spiro atoms. The van der Waals surface area contributed by atoms with Gasteiger partial charge in [-0.05, 0) is 25.5 Å². The fourth-order valence-electron chi connectivity index (χ4n) is 1.43. The largest absolute Gasteiger partial charge is 0.463 e. The number of amidine groups is 1. The molecule has 1 N–H and O–H groups in total. The number of nitrogens with zero attached hydrogens (tertiary/aromatic N) is 1. The van der Waals surface area contributed by atoms with E-state index in [0.29, 0.717) is 6.61 Å². The highest BCUT2D eigenvalue weighted by Gasteiger charge is 2.14. The summed E-state index contributed by atoms with van der Waals surface area (Å²) in [4.78, 5) is 16.3. The van der Waals surface area contributed by atoms with E-state index in [0.717, 1.165) is 6.42 Å². The van der Waals surface area contributed by atoms with Crippen LogP contribution in [0.4, 0.5) is 4.39 Å². The van der Waals surface area contributed by atoms with Crippen molar-refractivity contribution in [1.82, 2.24) is 5.32 Å². The van der Waals surface area contributed by atoms with Crippen LogP contribution in [-0.4, -0.2) is 38.3 Å². The molecule has 0 heterocycles. The molecular weight excluding hydrogens is 275 g/mol. The molecular formula is C15H21FN2O3. The Kier molecular flexibility index (Phi) is 7.39. The van der Waals surface area contributed by atoms with E-state index in [4.69, 9.17) is 9.47 Å². The van der Waals surface area contributed by atoms with Crippen LogP contribution < -0.4 is 5.32 Å². The maximum atomic E-state index is 13.6. The first-order valence-electron chi connectivity index (χ1n) is 6.83. The van der Waals surface area contributed by atoms with Gasteiger partial charge in [-0.15, -0.1) is 0 Å². The summed E-state index contributed by atoms with van der Waals surface area (Å²) in [5.74, 6) is -1.18. The summed E-state index contributed by atoms with van der Waals surface area (Å²) in [6.07, 6.45) is 0.798. The van der Waals surface area contributed by atoms with Gasteiger partial charge >= 0.3 is 0 Å². The molecule has 0 aliphatic heterocycles. The van der Waals surface area contributed by atoms with Crippen molar-refractivity contribution >= 4 is 11.9 Å². The number of methoxy groups -OCH3 is 1. The number of aliphatic imine (C=N–C) groups is 1. The van der Waals surface area contributed by atoms with Gasteiger partial charge in [0.15, 0.2) is 0 Å². The Balaban J connectivity index is 2.78. The van der Waals surface area contributed by atoms with Gasteiger partial charge < -0.3 is 9.47 Å². The number of carbonyl (C=O) groups is 1. The first-order valence-corrected chi connectivity index (χ1v) is 6.83. The van der Waals surface area contributed by atoms with Crippen molar-refractivity contribution in [3.05, 3.63) is 35.6 Å². The van der Waals surface area contributed by atoms with Crippen LogP contribution in [0.15, 0.2) is 29.3 Å². The molecule has 1 aromatic carbocycles. The zero-order valence-electron chi connectivity index (χ0n) is 12.6. The number of amides is 1. The SMILES string of the molecule is CC[C@H](C)N=C(NC(=O)c1ccccc1F)OCCOC. The van der Waals surface area contributed by atoms with Gasteiger partial charge in [-0.3, -0.25) is 10.1 Å². The minimum atomic E-state index is -0.590. The lowest BCUT2D eigenvalue weighted by Crippen LogP contribution is -2.34. The summed E-state index contributed by atoms with van der Waals surface area (Å²) in [7, 11) is 1.55. The predicted octanol–water partition coefficient (Wildman–Crippen LogP) is 2.37. The molecule has 116 valence electrons. The van der Waals surface area contributed by atoms with E-state index in [1.54, 1.807) is 13.2 Å². The molecule has 0 aromatic heterocycles. The second-order valence-corrected chi connectivity index (χ2v) is 4.47. The highest BCUT2D eigenvalue weighted by molar-refractivity contribution is 6.04. The average molecular weight is 296 g/mol. The van der Waals surface area contributed by atoms with Crippen molar-refractivity contribution in [1.29, 1.82) is 0 Å². The van der Waals surface area contributed by atoms with Gasteiger partial charge in [0, 0.05) is 7.11 Å². The number of hydrogen-bond acceptors (Lipinski definition) is 4. The Hall–Kier alpha value is -1.95. The molecule has 0 aliphatic rings. The van der Waals surface area contributed by atoms with Crippen molar-refractivity contribution in [2.45, 2.75) is 26.3 Å². The van der Waals surface area contributed by atoms with Gasteiger partial charge in [-0.25, -0.2) is 9.38 Å². The number of rotatable bonds is 6. The normalized spacial score (nSPS) is 12.9. The smallest absolute Gasteiger partial charge is 0.292 e. The lowest BCUT2D eigenvalue weighted by molar-refractivity contribution is 0.0949. The van der Waals surface area contributed by atoms with Crippen molar-refractivity contribution < 1.29 is 18.7 Å². The highest BCUT2D eigenvalue weighted by atomic mass is 19.1. The van der Waals surface area contributed by atoms with Crippen LogP contribution in [0.5, 0.6) is 0 Å². The second kappa shape index (κ2) is 9.07. The summed E-state index contributed by atoms with van der Waals surface area (Å²) >= 11 is 0. The van der Waals surface area contributed by atoms with Gasteiger partial charge in [-0.2, -0.15) is 0 Å². The van der Waals surface area contributed by atoms with E-state index >= 15 is 0 Å². The van der Waals surface area contributed by atoms with Crippen molar-refractivity contribution in [3.63, 3.8) is 0 Å². The van der Waals surface area contributed by atoms with E-state index in [2.05, 4.69) is 10.3 Å². The summed E-state index contributed by atoms with van der Waals surface area (Å²) in [5, 5.41) is 2.49. The maximum Gasteiger partial charge on any atom is 0.292 e. The Bertz CT molecular complexity index is 492. The van der Waals surface area contributed by atoms with Gasteiger partial charge in [0.25, 0.3) is 11.9 Å². The van der Waals surface area contributed by atoms with Crippen molar-refractivity contribution in [2.75, 3.05) is 20.3 Å². The first kappa shape index (κ1) is 17.1. The number of halogens is 1. The fraction of sp³-hybridized carbons (Fsp3) is 0.467. The first-order chi connectivity index (χ1) is 10.1. The van der Waals surface area contributed by atoms with E-state index in [1.807, 2.05) is 13.8 Å². The van der Waals surface area contributed by atoms with Gasteiger partial charge in [0.05, 0.1) is 18.2 Å². The quantitative estimate of drug-likeness (QED) is 0.498. The van der Waals surface area contributed by atoms with Crippen LogP contribution in [0.1, 0.15) is 30.6 Å². The number of carbonyl (C=O) groups excluding carboxylic acids is 1. The van der Waals surface area contributed by atoms with Crippen LogP contribution >= 0.6 is 0 Å². The number of nitrogens with one attached hydrogen (secondary N) is 1. The number of hydrogen-bond donors (Lipinski definition) is 1. The van der Waals surface area contributed by atoms with E-state index < -0.39 is 11.7 Å². The molecule has 5 nitrogen and oxygen atoms in total. The molecule has 0 fully saturated rings. The number of ether oxygens (including phenoxy) is 2. The van der Waals surface area contributed by atoms with Crippen LogP contribution in [0.25, 0.3) is 0 Å². The zero-order chi connectivity index (χ0) is 15.7. The van der Waals surface area contributed by atoms with Crippen molar-refractivity contribution in [2.24, 2.45) is 4.99 Å². The summed E-state index contributed by atoms with van der Waals surface area (Å²) in [5.41, 5.74) is -0.0512. The maximum absolute atomic E-state index is 13.6.